The number of piperazine rings is 1. The summed E-state index contributed by atoms with van der Waals surface area (Å²) in [4.78, 5) is 30.4. The predicted octanol–water partition coefficient (Wildman–Crippen LogP) is 2.04. The second kappa shape index (κ2) is 9.32. The molecule has 1 aliphatic rings. The highest BCUT2D eigenvalue weighted by Crippen LogP contribution is 2.15. The molecule has 0 bridgehead atoms. The van der Waals surface area contributed by atoms with Gasteiger partial charge in [0, 0.05) is 37.6 Å². The molecule has 28 heavy (non-hydrogen) atoms. The zero-order valence-electron chi connectivity index (χ0n) is 16.0. The molecular weight excluding hydrogens is 359 g/mol. The Morgan fingerprint density at radius 2 is 1.71 bits per heavy atom. The standard InChI is InChI=1S/C21H25FN4O2/c1-24(15-20(27)23-18-7-5-6-17(22)14-18)16-21(28)26-12-10-25(11-13-26)19-8-3-2-4-9-19/h2-9,14H,10-13,15-16H2,1H3,(H,23,27). The van der Waals surface area contributed by atoms with Crippen molar-refractivity contribution in [3.63, 3.8) is 0 Å². The number of carbonyl (C=O) groups excluding carboxylic acids is 2. The Morgan fingerprint density at radius 1 is 1.00 bits per heavy atom. The lowest BCUT2D eigenvalue weighted by molar-refractivity contribution is -0.132. The molecule has 1 fully saturated rings. The van der Waals surface area contributed by atoms with E-state index < -0.39 is 5.82 Å². The van der Waals surface area contributed by atoms with Gasteiger partial charge >= 0.3 is 0 Å². The van der Waals surface area contributed by atoms with Gasteiger partial charge in [0.15, 0.2) is 0 Å². The second-order valence-electron chi connectivity index (χ2n) is 6.93. The highest BCUT2D eigenvalue weighted by Gasteiger charge is 2.22. The molecule has 2 aromatic rings. The van der Waals surface area contributed by atoms with Gasteiger partial charge in [-0.15, -0.1) is 0 Å². The van der Waals surface area contributed by atoms with E-state index >= 15 is 0 Å². The fourth-order valence-electron chi connectivity index (χ4n) is 3.25. The number of nitrogens with zero attached hydrogens (tertiary/aromatic N) is 3. The van der Waals surface area contributed by atoms with Crippen molar-refractivity contribution in [2.75, 3.05) is 56.5 Å². The highest BCUT2D eigenvalue weighted by molar-refractivity contribution is 5.92. The van der Waals surface area contributed by atoms with Crippen LogP contribution in [0.25, 0.3) is 0 Å². The molecule has 0 aromatic heterocycles. The summed E-state index contributed by atoms with van der Waals surface area (Å²) in [6.07, 6.45) is 0. The van der Waals surface area contributed by atoms with Crippen molar-refractivity contribution in [1.29, 1.82) is 0 Å². The third kappa shape index (κ3) is 5.53. The van der Waals surface area contributed by atoms with Crippen molar-refractivity contribution >= 4 is 23.2 Å². The maximum atomic E-state index is 13.2. The summed E-state index contributed by atoms with van der Waals surface area (Å²) in [5, 5.41) is 2.64. The van der Waals surface area contributed by atoms with E-state index in [2.05, 4.69) is 22.3 Å². The second-order valence-corrected chi connectivity index (χ2v) is 6.93. The summed E-state index contributed by atoms with van der Waals surface area (Å²) >= 11 is 0. The van der Waals surface area contributed by atoms with Crippen LogP contribution >= 0.6 is 0 Å². The molecular formula is C21H25FN4O2. The molecule has 0 saturated carbocycles. The zero-order valence-corrected chi connectivity index (χ0v) is 16.0. The van der Waals surface area contributed by atoms with Crippen LogP contribution < -0.4 is 10.2 Å². The Kier molecular flexibility index (Phi) is 6.60. The Bertz CT molecular complexity index is 807. The molecule has 1 N–H and O–H groups in total. The summed E-state index contributed by atoms with van der Waals surface area (Å²) in [6.45, 7) is 3.14. The Balaban J connectivity index is 1.42. The van der Waals surface area contributed by atoms with Crippen LogP contribution in [0.15, 0.2) is 54.6 Å². The van der Waals surface area contributed by atoms with E-state index in [4.69, 9.17) is 0 Å². The molecule has 0 atom stereocenters. The molecule has 1 heterocycles. The van der Waals surface area contributed by atoms with Crippen LogP contribution in [0.5, 0.6) is 0 Å². The number of nitrogens with one attached hydrogen (secondary N) is 1. The van der Waals surface area contributed by atoms with Crippen LogP contribution in [0.1, 0.15) is 0 Å². The van der Waals surface area contributed by atoms with E-state index in [-0.39, 0.29) is 24.9 Å². The molecule has 0 unspecified atom stereocenters. The van der Waals surface area contributed by atoms with Crippen LogP contribution in [0, 0.1) is 5.82 Å². The third-order valence-electron chi connectivity index (χ3n) is 4.68. The van der Waals surface area contributed by atoms with Crippen LogP contribution in [0.2, 0.25) is 0 Å². The molecule has 1 aliphatic heterocycles. The van der Waals surface area contributed by atoms with Gasteiger partial charge in [-0.2, -0.15) is 0 Å². The summed E-state index contributed by atoms with van der Waals surface area (Å²) in [7, 11) is 1.73. The normalized spacial score (nSPS) is 14.2. The summed E-state index contributed by atoms with van der Waals surface area (Å²) < 4.78 is 13.2. The van der Waals surface area contributed by atoms with E-state index in [9.17, 15) is 14.0 Å². The largest absolute Gasteiger partial charge is 0.368 e. The first-order valence-electron chi connectivity index (χ1n) is 9.33. The fraction of sp³-hybridized carbons (Fsp3) is 0.333. The number of amides is 2. The zero-order chi connectivity index (χ0) is 19.9. The molecule has 0 radical (unpaired) electrons. The van der Waals surface area contributed by atoms with Crippen LogP contribution in [-0.2, 0) is 9.59 Å². The van der Waals surface area contributed by atoms with Crippen molar-refractivity contribution in [2.45, 2.75) is 0 Å². The number of likely N-dealkylation sites (N-methyl/N-ethyl adjacent to an activating group) is 1. The van der Waals surface area contributed by atoms with Crippen molar-refractivity contribution < 1.29 is 14.0 Å². The molecule has 3 rings (SSSR count). The van der Waals surface area contributed by atoms with Gasteiger partial charge in [0.1, 0.15) is 5.82 Å². The van der Waals surface area contributed by atoms with Crippen molar-refractivity contribution in [1.82, 2.24) is 9.80 Å². The number of carbonyl (C=O) groups is 2. The number of para-hydroxylation sites is 1. The Labute approximate surface area is 164 Å². The minimum atomic E-state index is -0.407. The maximum Gasteiger partial charge on any atom is 0.238 e. The molecule has 1 saturated heterocycles. The first kappa shape index (κ1) is 19.8. The van der Waals surface area contributed by atoms with Gasteiger partial charge in [0.2, 0.25) is 11.8 Å². The van der Waals surface area contributed by atoms with Crippen LogP contribution in [0.3, 0.4) is 0 Å². The van der Waals surface area contributed by atoms with Gasteiger partial charge in [0.05, 0.1) is 13.1 Å². The predicted molar refractivity (Wildman–Crippen MR) is 108 cm³/mol. The summed E-state index contributed by atoms with van der Waals surface area (Å²) in [6, 6.07) is 15.9. The van der Waals surface area contributed by atoms with Crippen molar-refractivity contribution in [3.05, 3.63) is 60.4 Å². The van der Waals surface area contributed by atoms with Crippen LogP contribution in [-0.4, -0.2) is 67.9 Å². The fourth-order valence-corrected chi connectivity index (χ4v) is 3.25. The smallest absolute Gasteiger partial charge is 0.238 e. The number of hydrogen-bond donors (Lipinski definition) is 1. The summed E-state index contributed by atoms with van der Waals surface area (Å²) in [5.74, 6) is -0.681. The molecule has 0 aliphatic carbocycles. The van der Waals surface area contributed by atoms with Gasteiger partial charge in [-0.05, 0) is 37.4 Å². The van der Waals surface area contributed by atoms with Gasteiger partial charge < -0.3 is 15.1 Å². The highest BCUT2D eigenvalue weighted by atomic mass is 19.1. The number of hydrogen-bond acceptors (Lipinski definition) is 4. The van der Waals surface area contributed by atoms with Crippen molar-refractivity contribution in [2.24, 2.45) is 0 Å². The Morgan fingerprint density at radius 3 is 2.39 bits per heavy atom. The molecule has 7 heteroatoms. The number of halogens is 1. The molecule has 6 nitrogen and oxygen atoms in total. The van der Waals surface area contributed by atoms with Gasteiger partial charge in [0.25, 0.3) is 0 Å². The lowest BCUT2D eigenvalue weighted by Crippen LogP contribution is -2.51. The van der Waals surface area contributed by atoms with Crippen LogP contribution in [0.4, 0.5) is 15.8 Å². The lowest BCUT2D eigenvalue weighted by Gasteiger charge is -2.36. The average Bonchev–Trinajstić information content (AvgIpc) is 2.68. The third-order valence-corrected chi connectivity index (χ3v) is 4.68. The van der Waals surface area contributed by atoms with Gasteiger partial charge in [-0.3, -0.25) is 14.5 Å². The van der Waals surface area contributed by atoms with Gasteiger partial charge in [-0.1, -0.05) is 24.3 Å². The number of anilines is 2. The average molecular weight is 384 g/mol. The van der Waals surface area contributed by atoms with Gasteiger partial charge in [-0.25, -0.2) is 4.39 Å². The monoisotopic (exact) mass is 384 g/mol. The molecule has 2 aromatic carbocycles. The molecule has 2 amide bonds. The van der Waals surface area contributed by atoms with E-state index in [0.717, 1.165) is 13.1 Å². The first-order valence-corrected chi connectivity index (χ1v) is 9.33. The topological polar surface area (TPSA) is 55.9 Å². The van der Waals surface area contributed by atoms with E-state index in [1.165, 1.54) is 23.9 Å². The SMILES string of the molecule is CN(CC(=O)Nc1cccc(F)c1)CC(=O)N1CCN(c2ccccc2)CC1. The summed E-state index contributed by atoms with van der Waals surface area (Å²) in [5.41, 5.74) is 1.57. The quantitative estimate of drug-likeness (QED) is 0.828. The lowest BCUT2D eigenvalue weighted by atomic mass is 10.2. The number of benzene rings is 2. The van der Waals surface area contributed by atoms with Crippen molar-refractivity contribution in [3.8, 4) is 0 Å². The minimum absolute atomic E-state index is 0.00812. The van der Waals surface area contributed by atoms with E-state index in [1.54, 1.807) is 18.0 Å². The minimum Gasteiger partial charge on any atom is -0.368 e. The number of rotatable bonds is 6. The molecule has 148 valence electrons. The Hall–Kier alpha value is -2.93. The van der Waals surface area contributed by atoms with E-state index in [0.29, 0.717) is 18.8 Å². The molecule has 0 spiro atoms. The maximum absolute atomic E-state index is 13.2. The first-order chi connectivity index (χ1) is 13.5. The van der Waals surface area contributed by atoms with E-state index in [1.807, 2.05) is 23.1 Å².